The molecular formula is C23H38N4O3. The van der Waals surface area contributed by atoms with Crippen LogP contribution >= 0.6 is 0 Å². The first-order valence-electron chi connectivity index (χ1n) is 10.8. The maximum absolute atomic E-state index is 12.9. The number of hydrogen-bond donors (Lipinski definition) is 1. The summed E-state index contributed by atoms with van der Waals surface area (Å²) in [6.07, 6.45) is 0.453. The smallest absolute Gasteiger partial charge is 0.317 e. The van der Waals surface area contributed by atoms with Gasteiger partial charge in [-0.25, -0.2) is 0 Å². The fourth-order valence-electron chi connectivity index (χ4n) is 3.83. The molecule has 7 nitrogen and oxygen atoms in total. The Kier molecular flexibility index (Phi) is 9.91. The summed E-state index contributed by atoms with van der Waals surface area (Å²) in [5.74, 6) is -0.589. The molecule has 2 rings (SSSR count). The molecule has 1 aromatic rings. The second-order valence-corrected chi connectivity index (χ2v) is 8.64. The topological polar surface area (TPSA) is 67.3 Å². The van der Waals surface area contributed by atoms with Crippen LogP contribution in [0, 0.1) is 13.8 Å². The number of nitrogens with zero attached hydrogens (tertiary/aromatic N) is 4. The highest BCUT2D eigenvalue weighted by Crippen LogP contribution is 2.14. The third-order valence-electron chi connectivity index (χ3n) is 5.97. The Labute approximate surface area is 181 Å². The molecule has 0 radical (unpaired) electrons. The van der Waals surface area contributed by atoms with Crippen LogP contribution in [0.5, 0.6) is 0 Å². The number of rotatable bonds is 6. The molecule has 0 atom stereocenters. The average Bonchev–Trinajstić information content (AvgIpc) is 2.67. The van der Waals surface area contributed by atoms with Gasteiger partial charge in [0.05, 0.1) is 13.1 Å². The van der Waals surface area contributed by atoms with Gasteiger partial charge < -0.3 is 14.9 Å². The summed E-state index contributed by atoms with van der Waals surface area (Å²) in [7, 11) is 4.20. The van der Waals surface area contributed by atoms with Crippen LogP contribution in [0.1, 0.15) is 16.7 Å². The number of carboxylic acids is 1. The minimum absolute atomic E-state index is 0.0396. The third kappa shape index (κ3) is 8.52. The Morgan fingerprint density at radius 1 is 0.800 bits per heavy atom. The van der Waals surface area contributed by atoms with Crippen molar-refractivity contribution in [1.29, 1.82) is 0 Å². The lowest BCUT2D eigenvalue weighted by Crippen LogP contribution is -2.46. The number of aryl methyl sites for hydroxylation is 2. The van der Waals surface area contributed by atoms with E-state index < -0.39 is 5.97 Å². The Hall–Kier alpha value is -1.80. The van der Waals surface area contributed by atoms with E-state index in [1.54, 1.807) is 0 Å². The Morgan fingerprint density at radius 2 is 1.23 bits per heavy atom. The number of benzene rings is 1. The van der Waals surface area contributed by atoms with E-state index in [-0.39, 0.29) is 12.3 Å². The molecule has 0 spiro atoms. The van der Waals surface area contributed by atoms with E-state index in [0.717, 1.165) is 56.0 Å². The highest BCUT2D eigenvalue weighted by atomic mass is 16.4. The molecule has 0 saturated carbocycles. The van der Waals surface area contributed by atoms with Crippen molar-refractivity contribution >= 4 is 11.8 Å². The summed E-state index contributed by atoms with van der Waals surface area (Å²) < 4.78 is 0. The normalized spacial score (nSPS) is 19.2. The average molecular weight is 419 g/mol. The number of ketones is 1. The maximum Gasteiger partial charge on any atom is 0.317 e. The molecule has 0 unspecified atom stereocenters. The zero-order chi connectivity index (χ0) is 22.1. The summed E-state index contributed by atoms with van der Waals surface area (Å²) in [6.45, 7) is 11.1. The molecule has 0 bridgehead atoms. The highest BCUT2D eigenvalue weighted by Gasteiger charge is 2.18. The molecule has 1 aliphatic heterocycles. The van der Waals surface area contributed by atoms with Crippen molar-refractivity contribution in [3.8, 4) is 0 Å². The van der Waals surface area contributed by atoms with Crippen molar-refractivity contribution in [3.63, 3.8) is 0 Å². The lowest BCUT2D eigenvalue weighted by atomic mass is 9.98. The van der Waals surface area contributed by atoms with Gasteiger partial charge >= 0.3 is 5.97 Å². The van der Waals surface area contributed by atoms with Crippen LogP contribution in [0.2, 0.25) is 0 Å². The maximum atomic E-state index is 12.9. The van der Waals surface area contributed by atoms with Crippen LogP contribution in [-0.4, -0.2) is 116 Å². The molecule has 1 N–H and O–H groups in total. The fourth-order valence-corrected chi connectivity index (χ4v) is 3.83. The first-order chi connectivity index (χ1) is 14.2. The number of carboxylic acid groups (broad SMARTS) is 1. The van der Waals surface area contributed by atoms with Gasteiger partial charge in [0.1, 0.15) is 0 Å². The van der Waals surface area contributed by atoms with Crippen LogP contribution in [-0.2, 0) is 16.0 Å². The van der Waals surface area contributed by atoms with Crippen molar-refractivity contribution in [1.82, 2.24) is 19.6 Å². The quantitative estimate of drug-likeness (QED) is 0.739. The zero-order valence-electron chi connectivity index (χ0n) is 19.1. The summed E-state index contributed by atoms with van der Waals surface area (Å²) in [6, 6.07) is 6.14. The largest absolute Gasteiger partial charge is 0.480 e. The second-order valence-electron chi connectivity index (χ2n) is 8.64. The SMILES string of the molecule is Cc1cccc(C)c1CC(=O)CN1CCN(C)CCN(C)CCN(CC(=O)O)CC1. The van der Waals surface area contributed by atoms with Gasteiger partial charge in [0.2, 0.25) is 0 Å². The monoisotopic (exact) mass is 418 g/mol. The van der Waals surface area contributed by atoms with E-state index in [1.165, 1.54) is 0 Å². The predicted molar refractivity (Wildman–Crippen MR) is 120 cm³/mol. The summed E-state index contributed by atoms with van der Waals surface area (Å²) in [4.78, 5) is 32.9. The van der Waals surface area contributed by atoms with Gasteiger partial charge in [0, 0.05) is 58.8 Å². The number of carbonyl (C=O) groups is 2. The Morgan fingerprint density at radius 3 is 1.73 bits per heavy atom. The molecule has 0 aliphatic carbocycles. The molecule has 1 aliphatic rings. The predicted octanol–water partition coefficient (Wildman–Crippen LogP) is 0.981. The van der Waals surface area contributed by atoms with E-state index in [0.29, 0.717) is 26.1 Å². The molecule has 7 heteroatoms. The van der Waals surface area contributed by atoms with E-state index in [1.807, 2.05) is 11.0 Å². The standard InChI is InChI=1S/C23H38N4O3/c1-19-6-5-7-20(2)22(19)16-21(28)17-26-12-10-24(3)8-9-25(4)11-13-27(15-14-26)18-23(29)30/h5-7H,8-18H2,1-4H3,(H,29,30). The van der Waals surface area contributed by atoms with Crippen molar-refractivity contribution < 1.29 is 14.7 Å². The van der Waals surface area contributed by atoms with Crippen LogP contribution in [0.3, 0.4) is 0 Å². The van der Waals surface area contributed by atoms with Gasteiger partial charge in [0.25, 0.3) is 0 Å². The fraction of sp³-hybridized carbons (Fsp3) is 0.652. The third-order valence-corrected chi connectivity index (χ3v) is 5.97. The van der Waals surface area contributed by atoms with Crippen LogP contribution < -0.4 is 0 Å². The number of hydrogen-bond acceptors (Lipinski definition) is 6. The molecule has 168 valence electrons. The molecule has 30 heavy (non-hydrogen) atoms. The van der Waals surface area contributed by atoms with E-state index in [2.05, 4.69) is 54.8 Å². The number of aliphatic carboxylic acids is 1. The van der Waals surface area contributed by atoms with Gasteiger partial charge in [-0.15, -0.1) is 0 Å². The molecule has 1 heterocycles. The second kappa shape index (κ2) is 12.2. The first-order valence-corrected chi connectivity index (χ1v) is 10.8. The van der Waals surface area contributed by atoms with E-state index in [4.69, 9.17) is 0 Å². The molecule has 0 amide bonds. The van der Waals surface area contributed by atoms with Gasteiger partial charge in [-0.1, -0.05) is 18.2 Å². The van der Waals surface area contributed by atoms with E-state index in [9.17, 15) is 14.7 Å². The van der Waals surface area contributed by atoms with Crippen LogP contribution in [0.4, 0.5) is 0 Å². The van der Waals surface area contributed by atoms with Crippen LogP contribution in [0.15, 0.2) is 18.2 Å². The first kappa shape index (κ1) is 24.5. The molecule has 0 aromatic heterocycles. The van der Waals surface area contributed by atoms with Gasteiger partial charge in [-0.05, 0) is 44.6 Å². The number of carbonyl (C=O) groups excluding carboxylic acids is 1. The van der Waals surface area contributed by atoms with Gasteiger partial charge in [-0.3, -0.25) is 19.4 Å². The van der Waals surface area contributed by atoms with Crippen molar-refractivity contribution in [2.45, 2.75) is 20.3 Å². The summed E-state index contributed by atoms with van der Waals surface area (Å²) >= 11 is 0. The number of Topliss-reactive ketones (excluding diaryl/α,β-unsaturated/α-hetero) is 1. The minimum atomic E-state index is -0.804. The Balaban J connectivity index is 2.03. The highest BCUT2D eigenvalue weighted by molar-refractivity contribution is 5.83. The zero-order valence-corrected chi connectivity index (χ0v) is 19.1. The molecular weight excluding hydrogens is 380 g/mol. The molecule has 1 aromatic carbocycles. The van der Waals surface area contributed by atoms with Crippen molar-refractivity contribution in [2.24, 2.45) is 0 Å². The van der Waals surface area contributed by atoms with Crippen LogP contribution in [0.25, 0.3) is 0 Å². The lowest BCUT2D eigenvalue weighted by Gasteiger charge is -2.31. The molecule has 1 fully saturated rings. The summed E-state index contributed by atoms with van der Waals surface area (Å²) in [5.41, 5.74) is 3.45. The van der Waals surface area contributed by atoms with E-state index >= 15 is 0 Å². The van der Waals surface area contributed by atoms with Crippen molar-refractivity contribution in [3.05, 3.63) is 34.9 Å². The Bertz CT molecular complexity index is 689. The lowest BCUT2D eigenvalue weighted by molar-refractivity contribution is -0.138. The minimum Gasteiger partial charge on any atom is -0.480 e. The van der Waals surface area contributed by atoms with Crippen molar-refractivity contribution in [2.75, 3.05) is 79.5 Å². The van der Waals surface area contributed by atoms with Gasteiger partial charge in [-0.2, -0.15) is 0 Å². The molecule has 1 saturated heterocycles. The van der Waals surface area contributed by atoms with Gasteiger partial charge in [0.15, 0.2) is 5.78 Å². The number of likely N-dealkylation sites (N-methyl/N-ethyl adjacent to an activating group) is 2. The summed E-state index contributed by atoms with van der Waals surface area (Å²) in [5, 5.41) is 9.25.